The number of H-pyrrole nitrogens is 2. The number of carbonyl (C=O) groups excluding carboxylic acids is 2. The summed E-state index contributed by atoms with van der Waals surface area (Å²) >= 11 is 0. The number of amides is 2. The fourth-order valence-electron chi connectivity index (χ4n) is 6.33. The molecular weight excluding hydrogens is 618 g/mol. The Labute approximate surface area is 287 Å². The van der Waals surface area contributed by atoms with Gasteiger partial charge in [0.05, 0.1) is 47.0 Å². The van der Waals surface area contributed by atoms with Crippen LogP contribution in [0.25, 0.3) is 22.3 Å². The SMILES string of the molecule is CC(C)(C)OC(=O)N1CCC[C@H]1c1nc(-c2ccc(C#Cc3ccc4nc([C@@H]5CCCN5C(=O)OC(C)(C)C)[nH]c4c3)cc2)c(CC#N)[nH]1. The summed E-state index contributed by atoms with van der Waals surface area (Å²) in [4.78, 5) is 45.6. The molecule has 2 amide bonds. The van der Waals surface area contributed by atoms with Crippen molar-refractivity contribution in [2.24, 2.45) is 0 Å². The van der Waals surface area contributed by atoms with Gasteiger partial charge < -0.3 is 19.4 Å². The highest BCUT2D eigenvalue weighted by Gasteiger charge is 2.36. The smallest absolute Gasteiger partial charge is 0.410 e. The Morgan fingerprint density at radius 3 is 1.94 bits per heavy atom. The first kappa shape index (κ1) is 33.6. The molecule has 11 nitrogen and oxygen atoms in total. The molecule has 0 bridgehead atoms. The summed E-state index contributed by atoms with van der Waals surface area (Å²) in [7, 11) is 0. The number of ether oxygens (including phenoxy) is 2. The second-order valence-electron chi connectivity index (χ2n) is 14.6. The minimum Gasteiger partial charge on any atom is -0.444 e. The van der Waals surface area contributed by atoms with E-state index in [9.17, 15) is 14.9 Å². The molecule has 254 valence electrons. The van der Waals surface area contributed by atoms with Crippen LogP contribution < -0.4 is 0 Å². The van der Waals surface area contributed by atoms with E-state index in [-0.39, 0.29) is 30.7 Å². The number of aromatic nitrogens is 4. The van der Waals surface area contributed by atoms with Gasteiger partial charge in [-0.3, -0.25) is 9.80 Å². The maximum atomic E-state index is 12.9. The number of nitrogens with one attached hydrogen (secondary N) is 2. The minimum atomic E-state index is -0.591. The third-order valence-corrected chi connectivity index (χ3v) is 8.46. The van der Waals surface area contributed by atoms with Gasteiger partial charge in [-0.15, -0.1) is 0 Å². The lowest BCUT2D eigenvalue weighted by atomic mass is 10.1. The van der Waals surface area contributed by atoms with Gasteiger partial charge in [-0.05, 0) is 97.6 Å². The fourth-order valence-corrected chi connectivity index (χ4v) is 6.33. The predicted octanol–water partition coefficient (Wildman–Crippen LogP) is 7.56. The van der Waals surface area contributed by atoms with Gasteiger partial charge >= 0.3 is 12.2 Å². The molecule has 0 unspecified atom stereocenters. The van der Waals surface area contributed by atoms with Gasteiger partial charge in [0.2, 0.25) is 0 Å². The molecule has 11 heteroatoms. The summed E-state index contributed by atoms with van der Waals surface area (Å²) < 4.78 is 11.3. The number of rotatable bonds is 4. The van der Waals surface area contributed by atoms with E-state index in [0.29, 0.717) is 30.3 Å². The van der Waals surface area contributed by atoms with Gasteiger partial charge in [-0.2, -0.15) is 5.26 Å². The zero-order valence-electron chi connectivity index (χ0n) is 29.0. The zero-order chi connectivity index (χ0) is 34.9. The average molecular weight is 662 g/mol. The second-order valence-corrected chi connectivity index (χ2v) is 14.6. The number of likely N-dealkylation sites (tertiary alicyclic amines) is 2. The summed E-state index contributed by atoms with van der Waals surface area (Å²) in [5, 5.41) is 9.52. The molecule has 2 aromatic carbocycles. The molecule has 0 spiro atoms. The van der Waals surface area contributed by atoms with Crippen LogP contribution in [0.1, 0.15) is 108 Å². The summed E-state index contributed by atoms with van der Waals surface area (Å²) in [6.45, 7) is 12.4. The Balaban J connectivity index is 1.18. The Kier molecular flexibility index (Phi) is 9.13. The number of carbonyl (C=O) groups is 2. The molecule has 49 heavy (non-hydrogen) atoms. The van der Waals surface area contributed by atoms with E-state index in [4.69, 9.17) is 19.4 Å². The molecule has 2 aliphatic heterocycles. The van der Waals surface area contributed by atoms with Crippen molar-refractivity contribution in [3.63, 3.8) is 0 Å². The maximum absolute atomic E-state index is 12.9. The number of fused-ring (bicyclic) bond motifs is 1. The van der Waals surface area contributed by atoms with Gasteiger partial charge in [-0.1, -0.05) is 24.0 Å². The van der Waals surface area contributed by atoms with Crippen LogP contribution >= 0.6 is 0 Å². The minimum absolute atomic E-state index is 0.156. The monoisotopic (exact) mass is 661 g/mol. The van der Waals surface area contributed by atoms with E-state index in [1.807, 2.05) is 84.0 Å². The number of imidazole rings is 2. The van der Waals surface area contributed by atoms with Crippen LogP contribution in [0.15, 0.2) is 42.5 Å². The molecule has 4 aromatic rings. The van der Waals surface area contributed by atoms with Crippen molar-refractivity contribution in [1.29, 1.82) is 5.26 Å². The molecule has 2 atom stereocenters. The Morgan fingerprint density at radius 2 is 1.37 bits per heavy atom. The van der Waals surface area contributed by atoms with E-state index >= 15 is 0 Å². The first-order valence-corrected chi connectivity index (χ1v) is 16.8. The summed E-state index contributed by atoms with van der Waals surface area (Å²) in [6, 6.07) is 15.5. The third kappa shape index (κ3) is 7.73. The normalized spacial score (nSPS) is 17.9. The van der Waals surface area contributed by atoms with Crippen LogP contribution in [-0.2, 0) is 15.9 Å². The molecule has 2 saturated heterocycles. The molecule has 2 aliphatic rings. The molecular formula is C38H43N7O4. The van der Waals surface area contributed by atoms with Crippen LogP contribution in [0.3, 0.4) is 0 Å². The Bertz CT molecular complexity index is 1960. The Morgan fingerprint density at radius 1 is 0.816 bits per heavy atom. The number of hydrogen-bond donors (Lipinski definition) is 2. The van der Waals surface area contributed by atoms with Crippen molar-refractivity contribution >= 4 is 23.2 Å². The maximum Gasteiger partial charge on any atom is 0.410 e. The van der Waals surface area contributed by atoms with Gasteiger partial charge in [0, 0.05) is 29.8 Å². The molecule has 0 saturated carbocycles. The average Bonchev–Trinajstić information content (AvgIpc) is 3.84. The van der Waals surface area contributed by atoms with Crippen molar-refractivity contribution in [3.05, 3.63) is 70.9 Å². The summed E-state index contributed by atoms with van der Waals surface area (Å²) in [6.07, 6.45) is 2.83. The van der Waals surface area contributed by atoms with E-state index in [0.717, 1.165) is 59.2 Å². The lowest BCUT2D eigenvalue weighted by molar-refractivity contribution is 0.0208. The molecule has 2 aromatic heterocycles. The van der Waals surface area contributed by atoms with Crippen LogP contribution in [0.4, 0.5) is 9.59 Å². The third-order valence-electron chi connectivity index (χ3n) is 8.46. The fraction of sp³-hybridized carbons (Fsp3) is 0.447. The Hall–Kier alpha value is -5.29. The highest BCUT2D eigenvalue weighted by atomic mass is 16.6. The number of nitrogens with zero attached hydrogens (tertiary/aromatic N) is 5. The summed E-state index contributed by atoms with van der Waals surface area (Å²) in [5.41, 5.74) is 4.47. The zero-order valence-corrected chi connectivity index (χ0v) is 29.0. The summed E-state index contributed by atoms with van der Waals surface area (Å²) in [5.74, 6) is 7.91. The van der Waals surface area contributed by atoms with Crippen molar-refractivity contribution in [3.8, 4) is 29.2 Å². The van der Waals surface area contributed by atoms with Gasteiger partial charge in [-0.25, -0.2) is 19.6 Å². The standard InChI is InChI=1S/C38H43N7O4/c1-37(2,3)48-35(46)44-21-7-9-30(44)33-40-27-18-15-25(23-29(27)42-33)12-11-24-13-16-26(17-14-24)32-28(19-20-39)41-34(43-32)31-10-8-22-45(31)36(47)49-38(4,5)6/h13-18,23,30-31H,7-10,19,21-22H2,1-6H3,(H,40,42)(H,41,43)/t30-,31-/m0/s1. The van der Waals surface area contributed by atoms with Crippen molar-refractivity contribution in [2.45, 2.75) is 96.9 Å². The van der Waals surface area contributed by atoms with E-state index in [2.05, 4.69) is 27.9 Å². The largest absolute Gasteiger partial charge is 0.444 e. The van der Waals surface area contributed by atoms with Crippen LogP contribution in [0.2, 0.25) is 0 Å². The van der Waals surface area contributed by atoms with Crippen LogP contribution in [-0.4, -0.2) is 66.2 Å². The first-order chi connectivity index (χ1) is 23.3. The predicted molar refractivity (Wildman–Crippen MR) is 185 cm³/mol. The highest BCUT2D eigenvalue weighted by molar-refractivity contribution is 5.77. The van der Waals surface area contributed by atoms with Crippen molar-refractivity contribution in [2.75, 3.05) is 13.1 Å². The number of aromatic amines is 2. The van der Waals surface area contributed by atoms with Crippen LogP contribution in [0, 0.1) is 23.2 Å². The second kappa shape index (κ2) is 13.3. The molecule has 2 N–H and O–H groups in total. The van der Waals surface area contributed by atoms with Crippen LogP contribution in [0.5, 0.6) is 0 Å². The van der Waals surface area contributed by atoms with Crippen molar-refractivity contribution < 1.29 is 19.1 Å². The van der Waals surface area contributed by atoms with Gasteiger partial charge in [0.25, 0.3) is 0 Å². The first-order valence-electron chi connectivity index (χ1n) is 16.8. The molecule has 4 heterocycles. The molecule has 0 radical (unpaired) electrons. The quantitative estimate of drug-likeness (QED) is 0.215. The topological polar surface area (TPSA) is 140 Å². The van der Waals surface area contributed by atoms with Gasteiger partial charge in [0.15, 0.2) is 0 Å². The molecule has 2 fully saturated rings. The lowest BCUT2D eigenvalue weighted by Gasteiger charge is -2.27. The number of hydrogen-bond acceptors (Lipinski definition) is 7. The van der Waals surface area contributed by atoms with Crippen molar-refractivity contribution in [1.82, 2.24) is 29.7 Å². The molecule has 0 aliphatic carbocycles. The lowest BCUT2D eigenvalue weighted by Crippen LogP contribution is -2.36. The van der Waals surface area contributed by atoms with E-state index < -0.39 is 11.2 Å². The number of benzene rings is 2. The highest BCUT2D eigenvalue weighted by Crippen LogP contribution is 2.35. The van der Waals surface area contributed by atoms with Gasteiger partial charge in [0.1, 0.15) is 22.9 Å². The van der Waals surface area contributed by atoms with E-state index in [1.54, 1.807) is 9.80 Å². The van der Waals surface area contributed by atoms with E-state index in [1.165, 1.54) is 0 Å². The molecule has 6 rings (SSSR count). The number of nitriles is 1.